The molecule has 4 nitrogen and oxygen atoms in total. The molecule has 2 fully saturated rings. The van der Waals surface area contributed by atoms with Crippen molar-refractivity contribution in [1.29, 1.82) is 0 Å². The van der Waals surface area contributed by atoms with Crippen LogP contribution in [0.2, 0.25) is 0 Å². The molecule has 0 radical (unpaired) electrons. The van der Waals surface area contributed by atoms with Crippen LogP contribution in [0.3, 0.4) is 0 Å². The van der Waals surface area contributed by atoms with Crippen LogP contribution in [0.25, 0.3) is 0 Å². The Morgan fingerprint density at radius 3 is 2.65 bits per heavy atom. The highest BCUT2D eigenvalue weighted by molar-refractivity contribution is 5.79. The first kappa shape index (κ1) is 15.8. The van der Waals surface area contributed by atoms with Gasteiger partial charge < -0.3 is 10.6 Å². The highest BCUT2D eigenvalue weighted by Gasteiger charge is 2.34. The van der Waals surface area contributed by atoms with Gasteiger partial charge in [0.2, 0.25) is 5.91 Å². The number of carbonyl (C=O) groups excluding carboxylic acids is 1. The van der Waals surface area contributed by atoms with Gasteiger partial charge in [-0.1, -0.05) is 20.3 Å². The summed E-state index contributed by atoms with van der Waals surface area (Å²) in [5, 5.41) is 0. The summed E-state index contributed by atoms with van der Waals surface area (Å²) in [7, 11) is 0. The van der Waals surface area contributed by atoms with E-state index in [4.69, 9.17) is 5.73 Å². The molecule has 1 aliphatic heterocycles. The fourth-order valence-corrected chi connectivity index (χ4v) is 3.97. The van der Waals surface area contributed by atoms with Crippen molar-refractivity contribution in [3.05, 3.63) is 0 Å². The van der Waals surface area contributed by atoms with E-state index in [-0.39, 0.29) is 5.92 Å². The molecule has 4 heteroatoms. The van der Waals surface area contributed by atoms with Crippen LogP contribution in [0.4, 0.5) is 0 Å². The van der Waals surface area contributed by atoms with E-state index in [2.05, 4.69) is 23.6 Å². The summed E-state index contributed by atoms with van der Waals surface area (Å²) < 4.78 is 0. The predicted molar refractivity (Wildman–Crippen MR) is 82.4 cm³/mol. The Morgan fingerprint density at radius 1 is 1.25 bits per heavy atom. The monoisotopic (exact) mass is 281 g/mol. The summed E-state index contributed by atoms with van der Waals surface area (Å²) >= 11 is 0. The van der Waals surface area contributed by atoms with Crippen LogP contribution >= 0.6 is 0 Å². The zero-order valence-electron chi connectivity index (χ0n) is 13.2. The SMILES string of the molecule is CCN(CC)C1CCN(C(=O)C2CCCC(CN)C2)C1. The van der Waals surface area contributed by atoms with E-state index in [1.165, 1.54) is 12.8 Å². The Labute approximate surface area is 123 Å². The van der Waals surface area contributed by atoms with E-state index in [0.717, 1.165) is 52.0 Å². The molecule has 1 heterocycles. The third kappa shape index (κ3) is 3.53. The number of carbonyl (C=O) groups is 1. The maximum absolute atomic E-state index is 12.7. The van der Waals surface area contributed by atoms with E-state index < -0.39 is 0 Å². The lowest BCUT2D eigenvalue weighted by atomic mass is 9.81. The van der Waals surface area contributed by atoms with Gasteiger partial charge >= 0.3 is 0 Å². The van der Waals surface area contributed by atoms with Gasteiger partial charge in [-0.05, 0) is 51.2 Å². The fraction of sp³-hybridized carbons (Fsp3) is 0.938. The van der Waals surface area contributed by atoms with Crippen LogP contribution in [0, 0.1) is 11.8 Å². The fourth-order valence-electron chi connectivity index (χ4n) is 3.97. The summed E-state index contributed by atoms with van der Waals surface area (Å²) in [6, 6.07) is 0.572. The Bertz CT molecular complexity index is 317. The molecule has 2 aliphatic rings. The molecular weight excluding hydrogens is 250 g/mol. The summed E-state index contributed by atoms with van der Waals surface area (Å²) in [5.41, 5.74) is 5.79. The van der Waals surface area contributed by atoms with Gasteiger partial charge in [0, 0.05) is 25.0 Å². The number of rotatable bonds is 5. The summed E-state index contributed by atoms with van der Waals surface area (Å²) in [6.07, 6.45) is 5.61. The first-order chi connectivity index (χ1) is 9.69. The van der Waals surface area contributed by atoms with Gasteiger partial charge in [0.15, 0.2) is 0 Å². The molecule has 1 saturated carbocycles. The molecule has 116 valence electrons. The first-order valence-corrected chi connectivity index (χ1v) is 8.42. The summed E-state index contributed by atoms with van der Waals surface area (Å²) in [5.74, 6) is 1.21. The molecule has 0 aromatic rings. The van der Waals surface area contributed by atoms with E-state index in [9.17, 15) is 4.79 Å². The highest BCUT2D eigenvalue weighted by Crippen LogP contribution is 2.31. The van der Waals surface area contributed by atoms with Crippen molar-refractivity contribution in [3.8, 4) is 0 Å². The largest absolute Gasteiger partial charge is 0.341 e. The molecule has 3 atom stereocenters. The van der Waals surface area contributed by atoms with Gasteiger partial charge in [-0.25, -0.2) is 0 Å². The number of hydrogen-bond acceptors (Lipinski definition) is 3. The Morgan fingerprint density at radius 2 is 2.00 bits per heavy atom. The minimum atomic E-state index is 0.243. The molecule has 0 aromatic heterocycles. The lowest BCUT2D eigenvalue weighted by Gasteiger charge is -2.31. The minimum absolute atomic E-state index is 0.243. The highest BCUT2D eigenvalue weighted by atomic mass is 16.2. The number of likely N-dealkylation sites (tertiary alicyclic amines) is 1. The smallest absolute Gasteiger partial charge is 0.225 e. The quantitative estimate of drug-likeness (QED) is 0.834. The molecule has 20 heavy (non-hydrogen) atoms. The number of amides is 1. The second-order valence-electron chi connectivity index (χ2n) is 6.41. The second kappa shape index (κ2) is 7.41. The molecule has 2 N–H and O–H groups in total. The van der Waals surface area contributed by atoms with Crippen LogP contribution < -0.4 is 5.73 Å². The zero-order chi connectivity index (χ0) is 14.5. The first-order valence-electron chi connectivity index (χ1n) is 8.42. The number of nitrogens with two attached hydrogens (primary N) is 1. The van der Waals surface area contributed by atoms with Crippen LogP contribution in [-0.4, -0.2) is 54.5 Å². The van der Waals surface area contributed by atoms with Crippen LogP contribution in [0.5, 0.6) is 0 Å². The Hall–Kier alpha value is -0.610. The van der Waals surface area contributed by atoms with Crippen molar-refractivity contribution in [3.63, 3.8) is 0 Å². The third-order valence-corrected chi connectivity index (χ3v) is 5.27. The normalized spacial score (nSPS) is 31.0. The lowest BCUT2D eigenvalue weighted by molar-refractivity contribution is -0.136. The lowest BCUT2D eigenvalue weighted by Crippen LogP contribution is -2.41. The molecular formula is C16H31N3O. The maximum Gasteiger partial charge on any atom is 0.225 e. The molecule has 1 amide bonds. The van der Waals surface area contributed by atoms with E-state index in [0.29, 0.717) is 17.9 Å². The van der Waals surface area contributed by atoms with Crippen molar-refractivity contribution in [2.75, 3.05) is 32.7 Å². The van der Waals surface area contributed by atoms with E-state index >= 15 is 0 Å². The van der Waals surface area contributed by atoms with Crippen molar-refractivity contribution < 1.29 is 4.79 Å². The van der Waals surface area contributed by atoms with E-state index in [1.54, 1.807) is 0 Å². The standard InChI is InChI=1S/C16H31N3O/c1-3-18(4-2)15-8-9-19(12-15)16(20)14-7-5-6-13(10-14)11-17/h13-15H,3-12,17H2,1-2H3. The van der Waals surface area contributed by atoms with Crippen LogP contribution in [0.15, 0.2) is 0 Å². The van der Waals surface area contributed by atoms with Gasteiger partial charge in [0.05, 0.1) is 0 Å². The van der Waals surface area contributed by atoms with Crippen LogP contribution in [-0.2, 0) is 4.79 Å². The summed E-state index contributed by atoms with van der Waals surface area (Å²) in [6.45, 7) is 9.21. The molecule has 3 unspecified atom stereocenters. The summed E-state index contributed by atoms with van der Waals surface area (Å²) in [4.78, 5) is 17.3. The average Bonchev–Trinajstić information content (AvgIpc) is 2.97. The second-order valence-corrected chi connectivity index (χ2v) is 6.41. The molecule has 0 bridgehead atoms. The predicted octanol–water partition coefficient (Wildman–Crippen LogP) is 1.69. The maximum atomic E-state index is 12.7. The van der Waals surface area contributed by atoms with Gasteiger partial charge in [-0.3, -0.25) is 9.69 Å². The third-order valence-electron chi connectivity index (χ3n) is 5.27. The van der Waals surface area contributed by atoms with Crippen molar-refractivity contribution in [2.45, 2.75) is 52.0 Å². The number of nitrogens with zero attached hydrogens (tertiary/aromatic N) is 2. The topological polar surface area (TPSA) is 49.6 Å². The molecule has 1 aliphatic carbocycles. The van der Waals surface area contributed by atoms with Gasteiger partial charge in [-0.15, -0.1) is 0 Å². The Kier molecular flexibility index (Phi) is 5.85. The van der Waals surface area contributed by atoms with Crippen molar-refractivity contribution >= 4 is 5.91 Å². The van der Waals surface area contributed by atoms with Crippen LogP contribution in [0.1, 0.15) is 46.0 Å². The van der Waals surface area contributed by atoms with E-state index in [1.807, 2.05) is 0 Å². The van der Waals surface area contributed by atoms with Gasteiger partial charge in [0.1, 0.15) is 0 Å². The van der Waals surface area contributed by atoms with Gasteiger partial charge in [-0.2, -0.15) is 0 Å². The van der Waals surface area contributed by atoms with Crippen molar-refractivity contribution in [1.82, 2.24) is 9.80 Å². The average molecular weight is 281 g/mol. The number of likely N-dealkylation sites (N-methyl/N-ethyl adjacent to an activating group) is 1. The zero-order valence-corrected chi connectivity index (χ0v) is 13.2. The number of hydrogen-bond donors (Lipinski definition) is 1. The Balaban J connectivity index is 1.87. The molecule has 0 aromatic carbocycles. The molecule has 1 saturated heterocycles. The molecule has 2 rings (SSSR count). The van der Waals surface area contributed by atoms with Crippen molar-refractivity contribution in [2.24, 2.45) is 17.6 Å². The molecule has 0 spiro atoms. The van der Waals surface area contributed by atoms with Gasteiger partial charge in [0.25, 0.3) is 0 Å². The minimum Gasteiger partial charge on any atom is -0.341 e.